The van der Waals surface area contributed by atoms with Crippen molar-refractivity contribution in [2.75, 3.05) is 27.8 Å². The highest BCUT2D eigenvalue weighted by Crippen LogP contribution is 2.35. The first kappa shape index (κ1) is 27.2. The number of hydrogen-bond donors (Lipinski definition) is 0. The number of ether oxygens (including phenoxy) is 6. The standard InChI is InChI=1S/C28H32O8S/c1-18-12-24-23(36-24)10-7-11-26(37-21-8-5-4-6-9-21)22(29)14-19-13-20(33-16-31-2)15-25(34-17-32-3)27(19)28(30)35-18/h4-10,13,15,18,23-24,26H,11-12,14,16-17H2,1-3H3/b10-7+/t18-,23-,24-,26?/m1/s1. The van der Waals surface area contributed by atoms with Gasteiger partial charge in [-0.1, -0.05) is 30.4 Å². The minimum absolute atomic E-state index is 0.00222. The van der Waals surface area contributed by atoms with Crippen LogP contribution in [0.1, 0.15) is 35.7 Å². The average Bonchev–Trinajstić information content (AvgIpc) is 3.62. The Balaban J connectivity index is 1.72. The van der Waals surface area contributed by atoms with Crippen LogP contribution in [-0.2, 0) is 30.2 Å². The highest BCUT2D eigenvalue weighted by molar-refractivity contribution is 8.00. The van der Waals surface area contributed by atoms with Gasteiger partial charge in [0.15, 0.2) is 19.4 Å². The van der Waals surface area contributed by atoms with Gasteiger partial charge in [0.05, 0.1) is 11.4 Å². The molecule has 1 unspecified atom stereocenters. The van der Waals surface area contributed by atoms with E-state index in [-0.39, 0.29) is 60.7 Å². The molecule has 0 saturated carbocycles. The Morgan fingerprint density at radius 2 is 1.78 bits per heavy atom. The monoisotopic (exact) mass is 528 g/mol. The molecule has 2 aromatic carbocycles. The maximum atomic E-state index is 13.7. The normalized spacial score (nSPS) is 24.7. The zero-order chi connectivity index (χ0) is 26.2. The van der Waals surface area contributed by atoms with E-state index in [2.05, 4.69) is 0 Å². The second-order valence-electron chi connectivity index (χ2n) is 8.87. The minimum Gasteiger partial charge on any atom is -0.467 e. The maximum absolute atomic E-state index is 13.7. The van der Waals surface area contributed by atoms with Crippen molar-refractivity contribution in [3.8, 4) is 11.5 Å². The molecule has 4 atom stereocenters. The number of methoxy groups -OCH3 is 2. The van der Waals surface area contributed by atoms with E-state index in [1.54, 1.807) is 12.1 Å². The number of allylic oxidation sites excluding steroid dienone is 1. The van der Waals surface area contributed by atoms with Crippen LogP contribution in [-0.4, -0.2) is 63.1 Å². The number of cyclic esters (lactones) is 1. The summed E-state index contributed by atoms with van der Waals surface area (Å²) in [4.78, 5) is 28.1. The summed E-state index contributed by atoms with van der Waals surface area (Å²) in [5.41, 5.74) is 0.647. The summed E-state index contributed by atoms with van der Waals surface area (Å²) in [6, 6.07) is 13.0. The number of thioether (sulfide) groups is 1. The van der Waals surface area contributed by atoms with E-state index >= 15 is 0 Å². The molecule has 8 nitrogen and oxygen atoms in total. The Morgan fingerprint density at radius 1 is 1.03 bits per heavy atom. The first-order chi connectivity index (χ1) is 18.0. The Labute approximate surface area is 221 Å². The average molecular weight is 529 g/mol. The Kier molecular flexibility index (Phi) is 9.62. The molecule has 0 N–H and O–H groups in total. The lowest BCUT2D eigenvalue weighted by Gasteiger charge is -2.20. The van der Waals surface area contributed by atoms with Gasteiger partial charge in [0.1, 0.15) is 29.3 Å². The summed E-state index contributed by atoms with van der Waals surface area (Å²) in [5, 5.41) is -0.367. The molecule has 1 fully saturated rings. The zero-order valence-electron chi connectivity index (χ0n) is 21.2. The minimum atomic E-state index is -0.572. The molecule has 0 radical (unpaired) electrons. The van der Waals surface area contributed by atoms with Crippen LogP contribution >= 0.6 is 11.8 Å². The van der Waals surface area contributed by atoms with Crippen LogP contribution in [0.5, 0.6) is 11.5 Å². The van der Waals surface area contributed by atoms with Crippen molar-refractivity contribution in [3.63, 3.8) is 0 Å². The van der Waals surface area contributed by atoms with Crippen LogP contribution in [0.3, 0.4) is 0 Å². The molecule has 0 spiro atoms. The van der Waals surface area contributed by atoms with Gasteiger partial charge < -0.3 is 28.4 Å². The first-order valence-electron chi connectivity index (χ1n) is 12.2. The number of hydrogen-bond acceptors (Lipinski definition) is 9. The van der Waals surface area contributed by atoms with Crippen LogP contribution in [0, 0.1) is 0 Å². The number of ketones is 1. The predicted octanol–water partition coefficient (Wildman–Crippen LogP) is 4.59. The zero-order valence-corrected chi connectivity index (χ0v) is 22.0. The number of benzene rings is 2. The molecular weight excluding hydrogens is 496 g/mol. The van der Waals surface area contributed by atoms with Gasteiger partial charge in [-0.25, -0.2) is 4.79 Å². The molecule has 9 heteroatoms. The molecule has 2 aliphatic rings. The van der Waals surface area contributed by atoms with Crippen molar-refractivity contribution in [3.05, 3.63) is 65.7 Å². The third kappa shape index (κ3) is 7.58. The van der Waals surface area contributed by atoms with Crippen molar-refractivity contribution in [2.45, 2.75) is 54.6 Å². The van der Waals surface area contributed by atoms with Crippen LogP contribution in [0.4, 0.5) is 0 Å². The third-order valence-electron chi connectivity index (χ3n) is 5.95. The Hall–Kier alpha value is -2.85. The summed E-state index contributed by atoms with van der Waals surface area (Å²) in [7, 11) is 3.00. The molecule has 1 saturated heterocycles. The topological polar surface area (TPSA) is 92.8 Å². The van der Waals surface area contributed by atoms with Crippen molar-refractivity contribution >= 4 is 23.5 Å². The fourth-order valence-electron chi connectivity index (χ4n) is 4.14. The van der Waals surface area contributed by atoms with Gasteiger partial charge in [-0.15, -0.1) is 11.8 Å². The van der Waals surface area contributed by atoms with Gasteiger partial charge in [0.25, 0.3) is 0 Å². The van der Waals surface area contributed by atoms with Gasteiger partial charge in [-0.2, -0.15) is 0 Å². The molecule has 2 heterocycles. The van der Waals surface area contributed by atoms with E-state index in [0.29, 0.717) is 24.2 Å². The smallest absolute Gasteiger partial charge is 0.342 e. The second kappa shape index (κ2) is 13.1. The lowest BCUT2D eigenvalue weighted by Crippen LogP contribution is -2.23. The Morgan fingerprint density at radius 3 is 2.54 bits per heavy atom. The van der Waals surface area contributed by atoms with Crippen LogP contribution < -0.4 is 9.47 Å². The third-order valence-corrected chi connectivity index (χ3v) is 7.24. The largest absolute Gasteiger partial charge is 0.467 e. The van der Waals surface area contributed by atoms with Crippen LogP contribution in [0.25, 0.3) is 0 Å². The van der Waals surface area contributed by atoms with E-state index in [1.807, 2.05) is 49.4 Å². The van der Waals surface area contributed by atoms with Gasteiger partial charge in [0.2, 0.25) is 0 Å². The van der Waals surface area contributed by atoms with E-state index in [4.69, 9.17) is 28.4 Å². The SMILES string of the molecule is COCOc1cc2c(c(OCOC)c1)C(=O)O[C@H](C)C[C@H]1O[C@@H]1/C=C/CC(Sc1ccccc1)C(=O)C2. The highest BCUT2D eigenvalue weighted by Gasteiger charge is 2.39. The quantitative estimate of drug-likeness (QED) is 0.211. The summed E-state index contributed by atoms with van der Waals surface area (Å²) in [6.07, 6.45) is 4.67. The molecule has 0 bridgehead atoms. The molecule has 0 aromatic heterocycles. The second-order valence-corrected chi connectivity index (χ2v) is 10.2. The molecule has 0 aliphatic carbocycles. The van der Waals surface area contributed by atoms with E-state index < -0.39 is 5.97 Å². The molecular formula is C28H32O8S. The molecule has 37 heavy (non-hydrogen) atoms. The van der Waals surface area contributed by atoms with E-state index in [9.17, 15) is 9.59 Å². The maximum Gasteiger partial charge on any atom is 0.342 e. The summed E-state index contributed by atoms with van der Waals surface area (Å²) in [5.74, 6) is 0.0161. The molecule has 2 aromatic rings. The van der Waals surface area contributed by atoms with Gasteiger partial charge in [0, 0.05) is 38.0 Å². The summed E-state index contributed by atoms with van der Waals surface area (Å²) in [6.45, 7) is 1.74. The number of carbonyl (C=O) groups excluding carboxylic acids is 2. The van der Waals surface area contributed by atoms with E-state index in [1.165, 1.54) is 26.0 Å². The molecule has 2 aliphatic heterocycles. The molecule has 198 valence electrons. The summed E-state index contributed by atoms with van der Waals surface area (Å²) < 4.78 is 33.0. The van der Waals surface area contributed by atoms with E-state index in [0.717, 1.165) is 4.90 Å². The lowest BCUT2D eigenvalue weighted by atomic mass is 9.98. The fourth-order valence-corrected chi connectivity index (χ4v) is 5.21. The fraction of sp³-hybridized carbons (Fsp3) is 0.429. The van der Waals surface area contributed by atoms with Gasteiger partial charge >= 0.3 is 5.97 Å². The number of rotatable bonds is 8. The van der Waals surface area contributed by atoms with Crippen LogP contribution in [0.2, 0.25) is 0 Å². The van der Waals surface area contributed by atoms with Crippen molar-refractivity contribution in [2.24, 2.45) is 0 Å². The number of esters is 1. The van der Waals surface area contributed by atoms with Gasteiger partial charge in [-0.05, 0) is 37.1 Å². The summed E-state index contributed by atoms with van der Waals surface area (Å²) >= 11 is 1.50. The van der Waals surface area contributed by atoms with Crippen LogP contribution in [0.15, 0.2) is 59.5 Å². The lowest BCUT2D eigenvalue weighted by molar-refractivity contribution is -0.117. The number of epoxide rings is 1. The molecule has 0 amide bonds. The number of carbonyl (C=O) groups is 2. The van der Waals surface area contributed by atoms with Gasteiger partial charge in [-0.3, -0.25) is 4.79 Å². The number of Topliss-reactive ketones (excluding diaryl/α,β-unsaturated/α-hetero) is 1. The predicted molar refractivity (Wildman–Crippen MR) is 138 cm³/mol. The van der Waals surface area contributed by atoms with Crippen molar-refractivity contribution in [1.82, 2.24) is 0 Å². The number of fused-ring (bicyclic) bond motifs is 2. The molecule has 4 rings (SSSR count). The van der Waals surface area contributed by atoms with Crippen molar-refractivity contribution < 1.29 is 38.0 Å². The highest BCUT2D eigenvalue weighted by atomic mass is 32.2. The first-order valence-corrected chi connectivity index (χ1v) is 13.0. The van der Waals surface area contributed by atoms with Crippen molar-refractivity contribution in [1.29, 1.82) is 0 Å². The Bertz CT molecular complexity index is 1100.